The van der Waals surface area contributed by atoms with Crippen molar-refractivity contribution in [1.29, 1.82) is 0 Å². The van der Waals surface area contributed by atoms with Crippen LogP contribution in [-0.4, -0.2) is 11.0 Å². The molecule has 0 aromatic carbocycles. The van der Waals surface area contributed by atoms with Crippen LogP contribution >= 0.6 is 15.9 Å². The van der Waals surface area contributed by atoms with Crippen LogP contribution in [-0.2, 0) is 0 Å². The van der Waals surface area contributed by atoms with Crippen molar-refractivity contribution in [3.05, 3.63) is 22.3 Å². The summed E-state index contributed by atoms with van der Waals surface area (Å²) in [6, 6.07) is 2.72. The lowest BCUT2D eigenvalue weighted by Crippen LogP contribution is -2.35. The predicted molar refractivity (Wildman–Crippen MR) is 80.9 cm³/mol. The molecule has 3 heteroatoms. The maximum atomic E-state index is 4.47. The second kappa shape index (κ2) is 6.05. The number of hydrogen-bond donors (Lipinski definition) is 1. The molecule has 0 saturated heterocycles. The van der Waals surface area contributed by atoms with Gasteiger partial charge < -0.3 is 5.32 Å². The smallest absolute Gasteiger partial charge is 0.126 e. The fourth-order valence-electron chi connectivity index (χ4n) is 2.94. The van der Waals surface area contributed by atoms with Gasteiger partial charge in [-0.1, -0.05) is 26.7 Å². The van der Waals surface area contributed by atoms with Gasteiger partial charge in [0.05, 0.1) is 0 Å². The van der Waals surface area contributed by atoms with E-state index in [1.165, 1.54) is 31.2 Å². The van der Waals surface area contributed by atoms with Crippen molar-refractivity contribution in [2.24, 2.45) is 11.8 Å². The van der Waals surface area contributed by atoms with Crippen molar-refractivity contribution in [2.75, 3.05) is 5.32 Å². The maximum absolute atomic E-state index is 4.47. The number of aryl methyl sites for hydroxylation is 1. The van der Waals surface area contributed by atoms with Gasteiger partial charge in [-0.25, -0.2) is 4.98 Å². The molecule has 1 aliphatic rings. The fraction of sp³-hybridized carbons (Fsp3) is 0.667. The summed E-state index contributed by atoms with van der Waals surface area (Å²) in [6.45, 7) is 6.79. The zero-order valence-corrected chi connectivity index (χ0v) is 13.1. The second-order valence-corrected chi connectivity index (χ2v) is 6.62. The van der Waals surface area contributed by atoms with Crippen molar-refractivity contribution in [3.8, 4) is 0 Å². The van der Waals surface area contributed by atoms with Crippen molar-refractivity contribution in [1.82, 2.24) is 4.98 Å². The number of halogens is 1. The van der Waals surface area contributed by atoms with E-state index in [0.717, 1.165) is 22.1 Å². The van der Waals surface area contributed by atoms with E-state index in [4.69, 9.17) is 0 Å². The Balaban J connectivity index is 2.08. The number of hydrogen-bond acceptors (Lipinski definition) is 2. The quantitative estimate of drug-likeness (QED) is 0.869. The van der Waals surface area contributed by atoms with Crippen LogP contribution in [0.4, 0.5) is 5.82 Å². The molecule has 100 valence electrons. The summed E-state index contributed by atoms with van der Waals surface area (Å²) in [7, 11) is 0. The summed E-state index contributed by atoms with van der Waals surface area (Å²) < 4.78 is 1.08. The highest BCUT2D eigenvalue weighted by Crippen LogP contribution is 2.32. The summed E-state index contributed by atoms with van der Waals surface area (Å²) in [6.07, 6.45) is 7.25. The first kappa shape index (κ1) is 13.9. The topological polar surface area (TPSA) is 24.9 Å². The maximum Gasteiger partial charge on any atom is 0.126 e. The zero-order chi connectivity index (χ0) is 13.1. The summed E-state index contributed by atoms with van der Waals surface area (Å²) in [5, 5.41) is 3.65. The van der Waals surface area contributed by atoms with Crippen molar-refractivity contribution in [2.45, 2.75) is 52.5 Å². The van der Waals surface area contributed by atoms with Gasteiger partial charge in [-0.15, -0.1) is 0 Å². The highest BCUT2D eigenvalue weighted by Gasteiger charge is 2.27. The summed E-state index contributed by atoms with van der Waals surface area (Å²) in [5.41, 5.74) is 1.24. The minimum atomic E-state index is 0.590. The number of rotatable bonds is 3. The lowest BCUT2D eigenvalue weighted by atomic mass is 9.78. The first-order valence-corrected chi connectivity index (χ1v) is 7.76. The Bertz CT molecular complexity index is 403. The molecule has 18 heavy (non-hydrogen) atoms. The van der Waals surface area contributed by atoms with Crippen LogP contribution in [0.3, 0.4) is 0 Å². The van der Waals surface area contributed by atoms with Crippen LogP contribution in [0.25, 0.3) is 0 Å². The number of nitrogens with one attached hydrogen (secondary N) is 1. The molecule has 2 rings (SSSR count). The number of pyridine rings is 1. The van der Waals surface area contributed by atoms with Crippen LogP contribution in [0, 0.1) is 18.8 Å². The van der Waals surface area contributed by atoms with Crippen LogP contribution in [0.1, 0.15) is 45.1 Å². The summed E-state index contributed by atoms with van der Waals surface area (Å²) in [5.74, 6) is 2.55. The van der Waals surface area contributed by atoms with E-state index >= 15 is 0 Å². The first-order chi connectivity index (χ1) is 8.58. The van der Waals surface area contributed by atoms with Gasteiger partial charge in [-0.2, -0.15) is 0 Å². The van der Waals surface area contributed by atoms with Crippen molar-refractivity contribution >= 4 is 21.7 Å². The third-order valence-corrected chi connectivity index (χ3v) is 4.89. The van der Waals surface area contributed by atoms with Gasteiger partial charge in [-0.05, 0) is 59.2 Å². The lowest BCUT2D eigenvalue weighted by Gasteiger charge is -2.35. The molecule has 0 spiro atoms. The van der Waals surface area contributed by atoms with E-state index in [1.807, 2.05) is 6.20 Å². The molecule has 1 heterocycles. The Morgan fingerprint density at radius 3 is 2.72 bits per heavy atom. The third-order valence-electron chi connectivity index (χ3n) is 4.06. The average molecular weight is 311 g/mol. The van der Waals surface area contributed by atoms with E-state index in [-0.39, 0.29) is 0 Å². The average Bonchev–Trinajstić information content (AvgIpc) is 2.34. The molecule has 2 atom stereocenters. The Morgan fingerprint density at radius 2 is 2.06 bits per heavy atom. The zero-order valence-electron chi connectivity index (χ0n) is 11.5. The highest BCUT2D eigenvalue weighted by molar-refractivity contribution is 9.10. The fourth-order valence-corrected chi connectivity index (χ4v) is 3.16. The first-order valence-electron chi connectivity index (χ1n) is 6.96. The van der Waals surface area contributed by atoms with Gasteiger partial charge in [-0.3, -0.25) is 0 Å². The minimum Gasteiger partial charge on any atom is -0.367 e. The molecule has 1 aromatic heterocycles. The molecule has 1 saturated carbocycles. The number of nitrogens with zero attached hydrogens (tertiary/aromatic N) is 1. The lowest BCUT2D eigenvalue weighted by molar-refractivity contribution is 0.253. The van der Waals surface area contributed by atoms with Crippen LogP contribution < -0.4 is 5.32 Å². The Morgan fingerprint density at radius 1 is 1.33 bits per heavy atom. The normalized spacial score (nSPS) is 24.3. The molecular weight excluding hydrogens is 288 g/mol. The highest BCUT2D eigenvalue weighted by atomic mass is 79.9. The van der Waals surface area contributed by atoms with Crippen LogP contribution in [0.2, 0.25) is 0 Å². The minimum absolute atomic E-state index is 0.590. The Hall–Kier alpha value is -0.570. The molecule has 0 bridgehead atoms. The summed E-state index contributed by atoms with van der Waals surface area (Å²) in [4.78, 5) is 4.47. The van der Waals surface area contributed by atoms with Gasteiger partial charge in [0.1, 0.15) is 5.82 Å². The van der Waals surface area contributed by atoms with Crippen LogP contribution in [0.5, 0.6) is 0 Å². The van der Waals surface area contributed by atoms with Gasteiger partial charge in [0.2, 0.25) is 0 Å². The van der Waals surface area contributed by atoms with Crippen LogP contribution in [0.15, 0.2) is 16.7 Å². The molecule has 0 radical (unpaired) electrons. The van der Waals surface area contributed by atoms with Crippen molar-refractivity contribution < 1.29 is 0 Å². The molecule has 0 aliphatic heterocycles. The monoisotopic (exact) mass is 310 g/mol. The SMILES string of the molecule is Cc1cc(NC2CCCCC2C(C)C)ncc1Br. The standard InChI is InChI=1S/C15H23BrN2/c1-10(2)12-6-4-5-7-14(12)18-15-8-11(3)13(16)9-17-15/h8-10,12,14H,4-7H2,1-3H3,(H,17,18). The molecule has 1 aromatic rings. The molecule has 1 fully saturated rings. The van der Waals surface area contributed by atoms with E-state index in [0.29, 0.717) is 6.04 Å². The number of aromatic nitrogens is 1. The van der Waals surface area contributed by atoms with E-state index in [1.54, 1.807) is 0 Å². The van der Waals surface area contributed by atoms with Gasteiger partial charge in [0, 0.05) is 16.7 Å². The largest absolute Gasteiger partial charge is 0.367 e. The third kappa shape index (κ3) is 3.25. The summed E-state index contributed by atoms with van der Waals surface area (Å²) >= 11 is 3.50. The van der Waals surface area contributed by atoms with Gasteiger partial charge in [0.15, 0.2) is 0 Å². The van der Waals surface area contributed by atoms with Gasteiger partial charge in [0.25, 0.3) is 0 Å². The molecule has 2 nitrogen and oxygen atoms in total. The Labute approximate surface area is 119 Å². The molecule has 1 aliphatic carbocycles. The second-order valence-electron chi connectivity index (χ2n) is 5.76. The van der Waals surface area contributed by atoms with Gasteiger partial charge >= 0.3 is 0 Å². The molecule has 2 unspecified atom stereocenters. The number of anilines is 1. The van der Waals surface area contributed by atoms with E-state index in [2.05, 4.69) is 53.1 Å². The predicted octanol–water partition coefficient (Wildman–Crippen LogP) is 4.78. The molecule has 0 amide bonds. The Kier molecular flexibility index (Phi) is 4.66. The molecule has 1 N–H and O–H groups in total. The molecular formula is C15H23BrN2. The van der Waals surface area contributed by atoms with Crippen molar-refractivity contribution in [3.63, 3.8) is 0 Å². The van der Waals surface area contributed by atoms with E-state index < -0.39 is 0 Å². The van der Waals surface area contributed by atoms with E-state index in [9.17, 15) is 0 Å².